The predicted molar refractivity (Wildman–Crippen MR) is 69.6 cm³/mol. The minimum absolute atomic E-state index is 0.431. The van der Waals surface area contributed by atoms with Crippen molar-refractivity contribution >= 4 is 17.6 Å². The molecule has 0 bridgehead atoms. The van der Waals surface area contributed by atoms with Crippen LogP contribution in [0.5, 0.6) is 0 Å². The van der Waals surface area contributed by atoms with Crippen LogP contribution < -0.4 is 5.32 Å². The minimum Gasteiger partial charge on any atom is -0.369 e. The standard InChI is InChI=1S/C12H11F3N4S/c1-2-17-9-6-16-7-11(19-9)20-10-4-3-8(5-18-10)12(13,14)15/h3-7H,2H2,1H3,(H,17,19). The van der Waals surface area contributed by atoms with Crippen LogP contribution in [-0.4, -0.2) is 21.5 Å². The van der Waals surface area contributed by atoms with Crippen molar-refractivity contribution in [3.63, 3.8) is 0 Å². The Bertz CT molecular complexity index is 572. The first-order valence-electron chi connectivity index (χ1n) is 5.76. The molecular formula is C12H11F3N4S. The summed E-state index contributed by atoms with van der Waals surface area (Å²) in [5.41, 5.74) is -0.769. The predicted octanol–water partition coefficient (Wildman–Crippen LogP) is 3.47. The Morgan fingerprint density at radius 3 is 2.55 bits per heavy atom. The molecule has 2 heterocycles. The van der Waals surface area contributed by atoms with Gasteiger partial charge >= 0.3 is 6.18 Å². The monoisotopic (exact) mass is 300 g/mol. The lowest BCUT2D eigenvalue weighted by Gasteiger charge is -2.07. The van der Waals surface area contributed by atoms with E-state index in [0.29, 0.717) is 22.4 Å². The summed E-state index contributed by atoms with van der Waals surface area (Å²) in [6.07, 6.45) is -0.455. The SMILES string of the molecule is CCNc1cncc(Sc2ccc(C(F)(F)F)cn2)n1. The summed E-state index contributed by atoms with van der Waals surface area (Å²) in [5, 5.41) is 4.00. The van der Waals surface area contributed by atoms with Crippen LogP contribution in [0.15, 0.2) is 40.8 Å². The number of hydrogen-bond donors (Lipinski definition) is 1. The van der Waals surface area contributed by atoms with Gasteiger partial charge in [-0.25, -0.2) is 9.97 Å². The summed E-state index contributed by atoms with van der Waals surface area (Å²) < 4.78 is 37.2. The van der Waals surface area contributed by atoms with E-state index in [-0.39, 0.29) is 0 Å². The van der Waals surface area contributed by atoms with Gasteiger partial charge in [0.2, 0.25) is 0 Å². The van der Waals surface area contributed by atoms with Crippen LogP contribution in [0.4, 0.5) is 19.0 Å². The summed E-state index contributed by atoms with van der Waals surface area (Å²) in [6, 6.07) is 2.31. The second-order valence-corrected chi connectivity index (χ2v) is 4.80. The highest BCUT2D eigenvalue weighted by atomic mass is 32.2. The van der Waals surface area contributed by atoms with Crippen LogP contribution in [0, 0.1) is 0 Å². The fraction of sp³-hybridized carbons (Fsp3) is 0.250. The van der Waals surface area contributed by atoms with Gasteiger partial charge in [0.25, 0.3) is 0 Å². The molecule has 4 nitrogen and oxygen atoms in total. The van der Waals surface area contributed by atoms with E-state index in [4.69, 9.17) is 0 Å². The van der Waals surface area contributed by atoms with Gasteiger partial charge in [0.1, 0.15) is 15.9 Å². The normalized spacial score (nSPS) is 11.4. The lowest BCUT2D eigenvalue weighted by atomic mass is 10.3. The summed E-state index contributed by atoms with van der Waals surface area (Å²) in [7, 11) is 0. The maximum Gasteiger partial charge on any atom is 0.417 e. The number of nitrogens with zero attached hydrogens (tertiary/aromatic N) is 3. The number of hydrogen-bond acceptors (Lipinski definition) is 5. The minimum atomic E-state index is -4.37. The molecule has 0 atom stereocenters. The number of aromatic nitrogens is 3. The third-order valence-electron chi connectivity index (χ3n) is 2.24. The zero-order valence-electron chi connectivity index (χ0n) is 10.5. The van der Waals surface area contributed by atoms with Gasteiger partial charge in [0, 0.05) is 12.7 Å². The van der Waals surface area contributed by atoms with Crippen molar-refractivity contribution < 1.29 is 13.2 Å². The van der Waals surface area contributed by atoms with Crippen molar-refractivity contribution in [1.29, 1.82) is 0 Å². The number of pyridine rings is 1. The van der Waals surface area contributed by atoms with E-state index >= 15 is 0 Å². The largest absolute Gasteiger partial charge is 0.417 e. The molecule has 0 aliphatic carbocycles. The van der Waals surface area contributed by atoms with Crippen molar-refractivity contribution in [2.24, 2.45) is 0 Å². The van der Waals surface area contributed by atoms with E-state index in [1.807, 2.05) is 6.92 Å². The third kappa shape index (κ3) is 3.83. The van der Waals surface area contributed by atoms with E-state index in [9.17, 15) is 13.2 Å². The molecule has 0 saturated heterocycles. The lowest BCUT2D eigenvalue weighted by molar-refractivity contribution is -0.137. The van der Waals surface area contributed by atoms with Crippen LogP contribution >= 0.6 is 11.8 Å². The molecule has 0 spiro atoms. The van der Waals surface area contributed by atoms with Gasteiger partial charge in [-0.3, -0.25) is 4.98 Å². The quantitative estimate of drug-likeness (QED) is 0.937. The number of nitrogens with one attached hydrogen (secondary N) is 1. The maximum atomic E-state index is 12.4. The molecule has 2 aromatic rings. The molecule has 0 fully saturated rings. The van der Waals surface area contributed by atoms with E-state index < -0.39 is 11.7 Å². The molecule has 8 heteroatoms. The van der Waals surface area contributed by atoms with Gasteiger partial charge in [-0.1, -0.05) is 0 Å². The lowest BCUT2D eigenvalue weighted by Crippen LogP contribution is -2.05. The molecule has 0 radical (unpaired) electrons. The first kappa shape index (κ1) is 14.6. The van der Waals surface area contributed by atoms with Crippen molar-refractivity contribution in [1.82, 2.24) is 15.0 Å². The van der Waals surface area contributed by atoms with Gasteiger partial charge in [0.05, 0.1) is 18.0 Å². The fourth-order valence-electron chi connectivity index (χ4n) is 1.38. The second-order valence-electron chi connectivity index (χ2n) is 3.76. The number of rotatable bonds is 4. The topological polar surface area (TPSA) is 50.7 Å². The number of halogens is 3. The molecule has 0 aromatic carbocycles. The van der Waals surface area contributed by atoms with Gasteiger partial charge in [-0.05, 0) is 30.8 Å². The summed E-state index contributed by atoms with van der Waals surface area (Å²) in [5.74, 6) is 0.615. The Hall–Kier alpha value is -1.83. The Balaban J connectivity index is 2.12. The zero-order valence-corrected chi connectivity index (χ0v) is 11.3. The van der Waals surface area contributed by atoms with E-state index in [1.165, 1.54) is 12.3 Å². The van der Waals surface area contributed by atoms with Crippen molar-refractivity contribution in [3.05, 3.63) is 36.3 Å². The first-order valence-corrected chi connectivity index (χ1v) is 6.57. The Kier molecular flexibility index (Phi) is 4.43. The highest BCUT2D eigenvalue weighted by Gasteiger charge is 2.30. The molecule has 20 heavy (non-hydrogen) atoms. The highest BCUT2D eigenvalue weighted by molar-refractivity contribution is 7.99. The molecule has 1 N–H and O–H groups in total. The van der Waals surface area contributed by atoms with Crippen LogP contribution in [0.1, 0.15) is 12.5 Å². The molecule has 0 amide bonds. The fourth-order valence-corrected chi connectivity index (χ4v) is 2.09. The first-order chi connectivity index (χ1) is 9.49. The average molecular weight is 300 g/mol. The molecule has 106 valence electrons. The molecular weight excluding hydrogens is 289 g/mol. The van der Waals surface area contributed by atoms with Gasteiger partial charge in [-0.15, -0.1) is 0 Å². The second kappa shape index (κ2) is 6.08. The van der Waals surface area contributed by atoms with Crippen LogP contribution in [-0.2, 0) is 6.18 Å². The molecule has 0 aliphatic heterocycles. The third-order valence-corrected chi connectivity index (χ3v) is 3.10. The van der Waals surface area contributed by atoms with Gasteiger partial charge in [-0.2, -0.15) is 13.2 Å². The smallest absolute Gasteiger partial charge is 0.369 e. The van der Waals surface area contributed by atoms with Crippen LogP contribution in [0.25, 0.3) is 0 Å². The zero-order chi connectivity index (χ0) is 14.6. The maximum absolute atomic E-state index is 12.4. The number of anilines is 1. The van der Waals surface area contributed by atoms with E-state index in [2.05, 4.69) is 20.3 Å². The van der Waals surface area contributed by atoms with Gasteiger partial charge in [0.15, 0.2) is 0 Å². The summed E-state index contributed by atoms with van der Waals surface area (Å²) >= 11 is 1.15. The van der Waals surface area contributed by atoms with Crippen LogP contribution in [0.2, 0.25) is 0 Å². The molecule has 0 aliphatic rings. The Morgan fingerprint density at radius 2 is 1.95 bits per heavy atom. The van der Waals surface area contributed by atoms with Crippen LogP contribution in [0.3, 0.4) is 0 Å². The highest BCUT2D eigenvalue weighted by Crippen LogP contribution is 2.30. The number of alkyl halides is 3. The Morgan fingerprint density at radius 1 is 1.15 bits per heavy atom. The van der Waals surface area contributed by atoms with Crippen molar-refractivity contribution in [2.75, 3.05) is 11.9 Å². The molecule has 0 saturated carbocycles. The Labute approximate surface area is 117 Å². The molecule has 0 unspecified atom stereocenters. The van der Waals surface area contributed by atoms with Crippen molar-refractivity contribution in [3.8, 4) is 0 Å². The van der Waals surface area contributed by atoms with E-state index in [0.717, 1.165) is 24.0 Å². The summed E-state index contributed by atoms with van der Waals surface area (Å²) in [6.45, 7) is 2.64. The van der Waals surface area contributed by atoms with Gasteiger partial charge < -0.3 is 5.32 Å². The average Bonchev–Trinajstić information content (AvgIpc) is 2.39. The van der Waals surface area contributed by atoms with E-state index in [1.54, 1.807) is 6.20 Å². The molecule has 2 rings (SSSR count). The summed E-state index contributed by atoms with van der Waals surface area (Å²) in [4.78, 5) is 12.0. The van der Waals surface area contributed by atoms with Crippen molar-refractivity contribution in [2.45, 2.75) is 23.2 Å². The molecule has 2 aromatic heterocycles.